The molecule has 3 aliphatic rings. The Morgan fingerprint density at radius 3 is 1.32 bits per heavy atom. The molecule has 0 bridgehead atoms. The minimum atomic E-state index is 0.132. The Morgan fingerprint density at radius 1 is 0.553 bits per heavy atom. The van der Waals surface area contributed by atoms with E-state index in [-0.39, 0.29) is 21.7 Å². The van der Waals surface area contributed by atoms with Gasteiger partial charge in [-0.15, -0.1) is 0 Å². The van der Waals surface area contributed by atoms with E-state index in [0.717, 1.165) is 5.92 Å². The van der Waals surface area contributed by atoms with Crippen LogP contribution in [0.5, 0.6) is 0 Å². The highest BCUT2D eigenvalue weighted by Crippen LogP contribution is 2.72. The van der Waals surface area contributed by atoms with Crippen molar-refractivity contribution in [3.05, 3.63) is 130 Å². The highest BCUT2D eigenvalue weighted by molar-refractivity contribution is 5.80. The van der Waals surface area contributed by atoms with E-state index in [1.54, 1.807) is 11.1 Å². The van der Waals surface area contributed by atoms with Gasteiger partial charge in [-0.3, -0.25) is 0 Å². The summed E-state index contributed by atoms with van der Waals surface area (Å²) < 4.78 is 0. The first kappa shape index (κ1) is 33.8. The van der Waals surface area contributed by atoms with Crippen LogP contribution in [0, 0.1) is 24.7 Å². The van der Waals surface area contributed by atoms with Crippen LogP contribution >= 0.6 is 0 Å². The molecule has 4 atom stereocenters. The molecule has 47 heavy (non-hydrogen) atoms. The van der Waals surface area contributed by atoms with Crippen LogP contribution in [0.4, 0.5) is 0 Å². The fourth-order valence-corrected chi connectivity index (χ4v) is 9.60. The minimum absolute atomic E-state index is 0.132. The summed E-state index contributed by atoms with van der Waals surface area (Å²) in [4.78, 5) is 0. The molecule has 0 radical (unpaired) electrons. The molecule has 0 heteroatoms. The molecule has 0 aromatic heterocycles. The van der Waals surface area contributed by atoms with E-state index in [1.165, 1.54) is 77.5 Å². The highest BCUT2D eigenvalue weighted by atomic mass is 14.7. The monoisotopic (exact) mass is 624 g/mol. The summed E-state index contributed by atoms with van der Waals surface area (Å²) in [5, 5.41) is 0. The van der Waals surface area contributed by atoms with Crippen molar-refractivity contribution in [1.29, 1.82) is 0 Å². The largest absolute Gasteiger partial charge is 0.0630 e. The Balaban J connectivity index is 0.000000915. The lowest BCUT2D eigenvalue weighted by Crippen LogP contribution is -2.44. The number of fused-ring (bicyclic) bond motifs is 3. The van der Waals surface area contributed by atoms with Crippen molar-refractivity contribution in [2.45, 2.75) is 129 Å². The molecule has 4 aromatic rings. The Kier molecular flexibility index (Phi) is 8.91. The molecule has 0 N–H and O–H groups in total. The fourth-order valence-electron chi connectivity index (χ4n) is 9.60. The van der Waals surface area contributed by atoms with E-state index in [4.69, 9.17) is 0 Å². The summed E-state index contributed by atoms with van der Waals surface area (Å²) in [6.07, 6.45) is 7.57. The molecule has 0 heterocycles. The van der Waals surface area contributed by atoms with Gasteiger partial charge in [-0.1, -0.05) is 159 Å². The highest BCUT2D eigenvalue weighted by Gasteiger charge is 2.66. The van der Waals surface area contributed by atoms with Crippen LogP contribution < -0.4 is 0 Å². The first-order valence-corrected chi connectivity index (χ1v) is 18.5. The van der Waals surface area contributed by atoms with Gasteiger partial charge in [0.25, 0.3) is 0 Å². The fraction of sp³-hybridized carbons (Fsp3) is 0.489. The topological polar surface area (TPSA) is 0 Å². The van der Waals surface area contributed by atoms with Gasteiger partial charge in [0.15, 0.2) is 0 Å². The van der Waals surface area contributed by atoms with Crippen molar-refractivity contribution in [3.63, 3.8) is 0 Å². The SMILES string of the molecule is CC(C)C.Cc1ccc(CC2C[C@]34CC(Cc5ccccc5)C[C@@]3(C2)c2cc(C(C)(C)C)ccc2-c2ccc(C(C)(C)C)cc24)cc1. The van der Waals surface area contributed by atoms with E-state index >= 15 is 0 Å². The molecule has 2 fully saturated rings. The van der Waals surface area contributed by atoms with Gasteiger partial charge >= 0.3 is 0 Å². The average Bonchev–Trinajstić information content (AvgIpc) is 3.48. The first-order chi connectivity index (χ1) is 22.1. The second-order valence-corrected chi connectivity index (χ2v) is 18.3. The summed E-state index contributed by atoms with van der Waals surface area (Å²) in [6, 6.07) is 35.9. The number of hydrogen-bond donors (Lipinski definition) is 0. The van der Waals surface area contributed by atoms with Crippen LogP contribution in [-0.4, -0.2) is 0 Å². The zero-order valence-corrected chi connectivity index (χ0v) is 31.1. The quantitative estimate of drug-likeness (QED) is 0.212. The number of benzene rings is 4. The second kappa shape index (κ2) is 12.4. The molecule has 0 saturated heterocycles. The molecular formula is C47H60. The van der Waals surface area contributed by atoms with Crippen LogP contribution in [0.25, 0.3) is 11.1 Å². The Morgan fingerprint density at radius 2 is 0.936 bits per heavy atom. The molecule has 4 aromatic carbocycles. The Bertz CT molecular complexity index is 1610. The van der Waals surface area contributed by atoms with Crippen molar-refractivity contribution in [2.24, 2.45) is 17.8 Å². The Hall–Kier alpha value is -3.12. The smallest absolute Gasteiger partial charge is 0.00620 e. The standard InChI is InChI=1S/C43H50.C4H10/c1-29-13-15-31(16-14-29)22-33-27-42-25-32(21-30-11-9-8-10-12-30)26-43(42,28-33)39-24-35(41(5,6)7)18-20-37(39)36-19-17-34(23-38(36)42)40(2,3)4;1-4(2)3/h8-20,23-24,32-33H,21-22,25-28H2,1-7H3;4H,1-3H3/t32?,33?,42-,43+;. The summed E-state index contributed by atoms with van der Waals surface area (Å²) in [6.45, 7) is 23.0. The minimum Gasteiger partial charge on any atom is -0.0630 e. The Labute approximate surface area is 287 Å². The summed E-state index contributed by atoms with van der Waals surface area (Å²) >= 11 is 0. The maximum absolute atomic E-state index is 2.67. The lowest BCUT2D eigenvalue weighted by molar-refractivity contribution is 0.298. The number of rotatable bonds is 4. The van der Waals surface area contributed by atoms with E-state index in [2.05, 4.69) is 160 Å². The number of hydrogen-bond acceptors (Lipinski definition) is 0. The van der Waals surface area contributed by atoms with Crippen LogP contribution in [-0.2, 0) is 34.5 Å². The molecule has 7 rings (SSSR count). The summed E-state index contributed by atoms with van der Waals surface area (Å²) in [7, 11) is 0. The molecule has 0 spiro atoms. The van der Waals surface area contributed by atoms with Crippen molar-refractivity contribution in [1.82, 2.24) is 0 Å². The van der Waals surface area contributed by atoms with Gasteiger partial charge < -0.3 is 0 Å². The second-order valence-electron chi connectivity index (χ2n) is 18.3. The maximum Gasteiger partial charge on any atom is 0.00620 e. The van der Waals surface area contributed by atoms with Gasteiger partial charge in [-0.05, 0) is 119 Å². The first-order valence-electron chi connectivity index (χ1n) is 18.5. The van der Waals surface area contributed by atoms with E-state index in [9.17, 15) is 0 Å². The van der Waals surface area contributed by atoms with E-state index in [1.807, 2.05) is 0 Å². The predicted molar refractivity (Wildman–Crippen MR) is 204 cm³/mol. The van der Waals surface area contributed by atoms with Crippen molar-refractivity contribution < 1.29 is 0 Å². The van der Waals surface area contributed by atoms with Gasteiger partial charge in [0.2, 0.25) is 0 Å². The van der Waals surface area contributed by atoms with E-state index < -0.39 is 0 Å². The van der Waals surface area contributed by atoms with Crippen LogP contribution in [0.15, 0.2) is 91.0 Å². The van der Waals surface area contributed by atoms with Crippen LogP contribution in [0.3, 0.4) is 0 Å². The normalized spacial score (nSPS) is 24.6. The molecular weight excluding hydrogens is 565 g/mol. The van der Waals surface area contributed by atoms with Crippen LogP contribution in [0.1, 0.15) is 127 Å². The lowest BCUT2D eigenvalue weighted by Gasteiger charge is -2.48. The van der Waals surface area contributed by atoms with Gasteiger partial charge in [0, 0.05) is 10.8 Å². The number of aryl methyl sites for hydroxylation is 1. The zero-order valence-electron chi connectivity index (χ0n) is 31.1. The van der Waals surface area contributed by atoms with Crippen molar-refractivity contribution in [3.8, 4) is 11.1 Å². The molecule has 0 amide bonds. The van der Waals surface area contributed by atoms with Crippen molar-refractivity contribution in [2.75, 3.05) is 0 Å². The molecule has 0 nitrogen and oxygen atoms in total. The molecule has 3 aliphatic carbocycles. The van der Waals surface area contributed by atoms with E-state index in [0.29, 0.717) is 11.8 Å². The van der Waals surface area contributed by atoms with Gasteiger partial charge in [0.05, 0.1) is 0 Å². The lowest BCUT2D eigenvalue weighted by atomic mass is 9.54. The predicted octanol–water partition coefficient (Wildman–Crippen LogP) is 12.7. The van der Waals surface area contributed by atoms with Crippen LogP contribution in [0.2, 0.25) is 0 Å². The summed E-state index contributed by atoms with van der Waals surface area (Å²) in [5.74, 6) is 2.22. The third-order valence-corrected chi connectivity index (χ3v) is 11.6. The van der Waals surface area contributed by atoms with Gasteiger partial charge in [0.1, 0.15) is 0 Å². The van der Waals surface area contributed by atoms with Crippen molar-refractivity contribution >= 4 is 0 Å². The molecule has 248 valence electrons. The van der Waals surface area contributed by atoms with Gasteiger partial charge in [-0.25, -0.2) is 0 Å². The third kappa shape index (κ3) is 6.39. The third-order valence-electron chi connectivity index (χ3n) is 11.6. The maximum atomic E-state index is 2.67. The molecule has 2 saturated carbocycles. The van der Waals surface area contributed by atoms with Gasteiger partial charge in [-0.2, -0.15) is 0 Å². The molecule has 2 unspecified atom stereocenters. The summed E-state index contributed by atoms with van der Waals surface area (Å²) in [5.41, 5.74) is 14.3. The average molecular weight is 625 g/mol. The molecule has 0 aliphatic heterocycles. The zero-order chi connectivity index (χ0) is 33.8.